The number of ether oxygens (including phenoxy) is 1. The van der Waals surface area contributed by atoms with E-state index in [1.54, 1.807) is 36.4 Å². The van der Waals surface area contributed by atoms with Crippen molar-refractivity contribution < 1.29 is 17.9 Å². The quantitative estimate of drug-likeness (QED) is 0.822. The van der Waals surface area contributed by atoms with Crippen LogP contribution in [0.2, 0.25) is 5.02 Å². The van der Waals surface area contributed by atoms with E-state index in [-0.39, 0.29) is 16.7 Å². The van der Waals surface area contributed by atoms with Gasteiger partial charge in [0.2, 0.25) is 15.9 Å². The summed E-state index contributed by atoms with van der Waals surface area (Å²) >= 11 is 5.93. The Morgan fingerprint density at radius 2 is 1.81 bits per heavy atom. The molecule has 1 aliphatic heterocycles. The number of halogens is 1. The number of rotatable bonds is 5. The molecule has 6 nitrogen and oxygen atoms in total. The summed E-state index contributed by atoms with van der Waals surface area (Å²) in [6.45, 7) is 0.615. The average molecular weight is 409 g/mol. The van der Waals surface area contributed by atoms with E-state index in [1.165, 1.54) is 23.5 Å². The summed E-state index contributed by atoms with van der Waals surface area (Å²) in [5.41, 5.74) is 0.640. The number of hydrogen-bond donors (Lipinski definition) is 1. The maximum atomic E-state index is 12.8. The first kappa shape index (κ1) is 19.7. The highest BCUT2D eigenvalue weighted by atomic mass is 35.5. The zero-order valence-corrected chi connectivity index (χ0v) is 16.5. The van der Waals surface area contributed by atoms with Gasteiger partial charge in [0.1, 0.15) is 5.75 Å². The number of piperidine rings is 1. The van der Waals surface area contributed by atoms with Crippen LogP contribution in [-0.2, 0) is 14.8 Å². The Balaban J connectivity index is 1.61. The van der Waals surface area contributed by atoms with Crippen molar-refractivity contribution in [1.29, 1.82) is 0 Å². The summed E-state index contributed by atoms with van der Waals surface area (Å²) in [7, 11) is -2.04. The number of carbonyl (C=O) groups is 1. The van der Waals surface area contributed by atoms with E-state index in [4.69, 9.17) is 16.3 Å². The minimum absolute atomic E-state index is 0.112. The van der Waals surface area contributed by atoms with Crippen molar-refractivity contribution in [2.75, 3.05) is 25.5 Å². The van der Waals surface area contributed by atoms with E-state index >= 15 is 0 Å². The molecule has 8 heteroatoms. The van der Waals surface area contributed by atoms with Crippen molar-refractivity contribution in [3.05, 3.63) is 53.6 Å². The summed E-state index contributed by atoms with van der Waals surface area (Å²) in [5, 5.41) is 3.39. The van der Waals surface area contributed by atoms with Crippen molar-refractivity contribution in [3.63, 3.8) is 0 Å². The van der Waals surface area contributed by atoms with E-state index in [2.05, 4.69) is 5.32 Å². The van der Waals surface area contributed by atoms with Crippen molar-refractivity contribution in [3.8, 4) is 5.75 Å². The second kappa shape index (κ2) is 8.29. The third kappa shape index (κ3) is 4.61. The summed E-state index contributed by atoms with van der Waals surface area (Å²) in [5.74, 6) is 0.260. The molecule has 1 aliphatic rings. The minimum Gasteiger partial charge on any atom is -0.497 e. The van der Waals surface area contributed by atoms with Gasteiger partial charge in [0, 0.05) is 29.7 Å². The van der Waals surface area contributed by atoms with Gasteiger partial charge in [-0.3, -0.25) is 4.79 Å². The van der Waals surface area contributed by atoms with Crippen LogP contribution in [0.15, 0.2) is 53.4 Å². The predicted octanol–water partition coefficient (Wildman–Crippen LogP) is 3.39. The van der Waals surface area contributed by atoms with Crippen LogP contribution in [0.3, 0.4) is 0 Å². The molecule has 1 N–H and O–H groups in total. The molecule has 1 saturated heterocycles. The Labute approximate surface area is 164 Å². The van der Waals surface area contributed by atoms with Gasteiger partial charge in [0.25, 0.3) is 0 Å². The molecule has 27 heavy (non-hydrogen) atoms. The van der Waals surface area contributed by atoms with Gasteiger partial charge >= 0.3 is 0 Å². The number of sulfonamides is 1. The van der Waals surface area contributed by atoms with Gasteiger partial charge in [-0.25, -0.2) is 8.42 Å². The number of nitrogens with zero attached hydrogens (tertiary/aromatic N) is 1. The molecule has 0 bridgehead atoms. The van der Waals surface area contributed by atoms with Gasteiger partial charge in [0.15, 0.2) is 0 Å². The van der Waals surface area contributed by atoms with E-state index in [9.17, 15) is 13.2 Å². The van der Waals surface area contributed by atoms with E-state index in [1.807, 2.05) is 0 Å². The Morgan fingerprint density at radius 3 is 2.41 bits per heavy atom. The second-order valence-corrected chi connectivity index (χ2v) is 8.73. The molecule has 0 aliphatic carbocycles. The van der Waals surface area contributed by atoms with Gasteiger partial charge < -0.3 is 10.1 Å². The summed E-state index contributed by atoms with van der Waals surface area (Å²) < 4.78 is 32.0. The molecule has 2 aromatic rings. The van der Waals surface area contributed by atoms with Gasteiger partial charge in [-0.2, -0.15) is 4.31 Å². The van der Waals surface area contributed by atoms with Gasteiger partial charge in [0.05, 0.1) is 12.0 Å². The standard InChI is InChI=1S/C19H21ClN2O4S/c1-26-17-5-7-18(8-6-17)27(24,25)22-11-9-14(10-12-22)19(23)21-16-4-2-3-15(20)13-16/h2-8,13-14H,9-12H2,1H3,(H,21,23). The predicted molar refractivity (Wildman–Crippen MR) is 105 cm³/mol. The van der Waals surface area contributed by atoms with Crippen molar-refractivity contribution in [2.24, 2.45) is 5.92 Å². The van der Waals surface area contributed by atoms with Crippen LogP contribution in [0, 0.1) is 5.92 Å². The first-order chi connectivity index (χ1) is 12.9. The van der Waals surface area contributed by atoms with E-state index in [0.29, 0.717) is 42.4 Å². The van der Waals surface area contributed by atoms with Crippen molar-refractivity contribution >= 4 is 33.2 Å². The van der Waals surface area contributed by atoms with Crippen LogP contribution >= 0.6 is 11.6 Å². The van der Waals surface area contributed by atoms with Crippen LogP contribution in [0.1, 0.15) is 12.8 Å². The summed E-state index contributed by atoms with van der Waals surface area (Å²) in [6, 6.07) is 13.3. The van der Waals surface area contributed by atoms with Gasteiger partial charge in [-0.1, -0.05) is 17.7 Å². The third-order valence-corrected chi connectivity index (χ3v) is 6.76. The highest BCUT2D eigenvalue weighted by Crippen LogP contribution is 2.26. The average Bonchev–Trinajstić information content (AvgIpc) is 2.68. The zero-order valence-electron chi connectivity index (χ0n) is 14.9. The van der Waals surface area contributed by atoms with Crippen LogP contribution < -0.4 is 10.1 Å². The number of carbonyl (C=O) groups excluding carboxylic acids is 1. The maximum absolute atomic E-state index is 12.8. The number of anilines is 1. The van der Waals surface area contributed by atoms with Crippen LogP contribution in [0.5, 0.6) is 5.75 Å². The molecule has 3 rings (SSSR count). The molecule has 0 radical (unpaired) electrons. The monoisotopic (exact) mass is 408 g/mol. The van der Waals surface area contributed by atoms with Crippen LogP contribution in [0.25, 0.3) is 0 Å². The molecule has 1 amide bonds. The molecule has 0 unspecified atom stereocenters. The summed E-state index contributed by atoms with van der Waals surface area (Å²) in [6.07, 6.45) is 0.948. The van der Waals surface area contributed by atoms with Crippen molar-refractivity contribution in [1.82, 2.24) is 4.31 Å². The van der Waals surface area contributed by atoms with Crippen LogP contribution in [0.4, 0.5) is 5.69 Å². The minimum atomic E-state index is -3.57. The third-order valence-electron chi connectivity index (χ3n) is 4.61. The topological polar surface area (TPSA) is 75.7 Å². The Bertz CT molecular complexity index is 908. The molecule has 0 atom stereocenters. The SMILES string of the molecule is COc1ccc(S(=O)(=O)N2CCC(C(=O)Nc3cccc(Cl)c3)CC2)cc1. The molecule has 0 aromatic heterocycles. The van der Waals surface area contributed by atoms with E-state index < -0.39 is 10.0 Å². The molecular formula is C19H21ClN2O4S. The molecule has 0 saturated carbocycles. The van der Waals surface area contributed by atoms with Gasteiger partial charge in [-0.05, 0) is 55.3 Å². The fourth-order valence-electron chi connectivity index (χ4n) is 3.07. The molecule has 144 valence electrons. The molecule has 1 fully saturated rings. The number of methoxy groups -OCH3 is 1. The number of benzene rings is 2. The van der Waals surface area contributed by atoms with Gasteiger partial charge in [-0.15, -0.1) is 0 Å². The lowest BCUT2D eigenvalue weighted by molar-refractivity contribution is -0.120. The normalized spacial score (nSPS) is 16.1. The fraction of sp³-hybridized carbons (Fsp3) is 0.316. The first-order valence-corrected chi connectivity index (χ1v) is 10.4. The number of nitrogens with one attached hydrogen (secondary N) is 1. The first-order valence-electron chi connectivity index (χ1n) is 8.61. The molecule has 2 aromatic carbocycles. The smallest absolute Gasteiger partial charge is 0.243 e. The lowest BCUT2D eigenvalue weighted by Crippen LogP contribution is -2.41. The Kier molecular flexibility index (Phi) is 6.04. The highest BCUT2D eigenvalue weighted by Gasteiger charge is 2.32. The largest absolute Gasteiger partial charge is 0.497 e. The lowest BCUT2D eigenvalue weighted by Gasteiger charge is -2.30. The van der Waals surface area contributed by atoms with E-state index in [0.717, 1.165) is 0 Å². The number of hydrogen-bond acceptors (Lipinski definition) is 4. The highest BCUT2D eigenvalue weighted by molar-refractivity contribution is 7.89. The van der Waals surface area contributed by atoms with Crippen molar-refractivity contribution in [2.45, 2.75) is 17.7 Å². The fourth-order valence-corrected chi connectivity index (χ4v) is 4.73. The summed E-state index contributed by atoms with van der Waals surface area (Å²) in [4.78, 5) is 12.7. The second-order valence-electron chi connectivity index (χ2n) is 6.35. The zero-order chi connectivity index (χ0) is 19.4. The maximum Gasteiger partial charge on any atom is 0.243 e. The van der Waals surface area contributed by atoms with Crippen LogP contribution in [-0.4, -0.2) is 38.8 Å². The molecular weight excluding hydrogens is 388 g/mol. The molecule has 1 heterocycles. The lowest BCUT2D eigenvalue weighted by atomic mass is 9.97. The Hall–Kier alpha value is -2.09. The molecule has 0 spiro atoms. The Morgan fingerprint density at radius 1 is 1.15 bits per heavy atom. The number of amides is 1.